The van der Waals surface area contributed by atoms with Crippen molar-refractivity contribution in [3.8, 4) is 17.2 Å². The highest BCUT2D eigenvalue weighted by atomic mass is 16.5. The fourth-order valence-electron chi connectivity index (χ4n) is 2.20. The lowest BCUT2D eigenvalue weighted by Gasteiger charge is -2.22. The fraction of sp³-hybridized carbons (Fsp3) is 0.632. The highest BCUT2D eigenvalue weighted by Crippen LogP contribution is 2.32. The first-order chi connectivity index (χ1) is 12.0. The van der Waals surface area contributed by atoms with Gasteiger partial charge in [-0.15, -0.1) is 0 Å². The molecule has 0 aliphatic heterocycles. The van der Waals surface area contributed by atoms with Crippen molar-refractivity contribution in [1.82, 2.24) is 0 Å². The van der Waals surface area contributed by atoms with E-state index in [1.165, 1.54) is 0 Å². The van der Waals surface area contributed by atoms with Gasteiger partial charge in [-0.05, 0) is 25.0 Å². The summed E-state index contributed by atoms with van der Waals surface area (Å²) in [6.07, 6.45) is 0.720. The maximum atomic E-state index is 11.8. The van der Waals surface area contributed by atoms with E-state index in [2.05, 4.69) is 0 Å². The molecule has 0 N–H and O–H groups in total. The van der Waals surface area contributed by atoms with Crippen LogP contribution in [0.2, 0.25) is 0 Å². The van der Waals surface area contributed by atoms with Crippen molar-refractivity contribution in [3.63, 3.8) is 0 Å². The molecule has 0 bridgehead atoms. The summed E-state index contributed by atoms with van der Waals surface area (Å²) in [4.78, 5) is 11.8. The van der Waals surface area contributed by atoms with Crippen molar-refractivity contribution in [2.45, 2.75) is 39.7 Å². The number of esters is 1. The molecule has 25 heavy (non-hydrogen) atoms. The molecule has 1 aromatic carbocycles. The Kier molecular flexibility index (Phi) is 9.77. The number of hydrogen-bond donors (Lipinski definition) is 0. The zero-order chi connectivity index (χ0) is 18.7. The van der Waals surface area contributed by atoms with Gasteiger partial charge in [0.05, 0.1) is 26.7 Å². The minimum Gasteiger partial charge on any atom is -0.493 e. The quantitative estimate of drug-likeness (QED) is 0.423. The second-order valence-corrected chi connectivity index (χ2v) is 5.92. The summed E-state index contributed by atoms with van der Waals surface area (Å²) >= 11 is 0. The topological polar surface area (TPSA) is 63.2 Å². The molecule has 0 radical (unpaired) electrons. The van der Waals surface area contributed by atoms with Crippen molar-refractivity contribution in [2.75, 3.05) is 34.0 Å². The number of methoxy groups -OCH3 is 2. The third-order valence-corrected chi connectivity index (χ3v) is 3.59. The maximum absolute atomic E-state index is 11.8. The van der Waals surface area contributed by atoms with Crippen LogP contribution < -0.4 is 14.2 Å². The monoisotopic (exact) mass is 354 g/mol. The zero-order valence-electron chi connectivity index (χ0n) is 15.9. The first kappa shape index (κ1) is 21.1. The van der Waals surface area contributed by atoms with Crippen LogP contribution in [0.5, 0.6) is 17.2 Å². The van der Waals surface area contributed by atoms with Gasteiger partial charge in [-0.3, -0.25) is 4.79 Å². The van der Waals surface area contributed by atoms with Gasteiger partial charge >= 0.3 is 5.97 Å². The van der Waals surface area contributed by atoms with Gasteiger partial charge < -0.3 is 23.7 Å². The molecule has 0 aromatic heterocycles. The largest absolute Gasteiger partial charge is 0.493 e. The highest BCUT2D eigenvalue weighted by Gasteiger charge is 2.21. The lowest BCUT2D eigenvalue weighted by atomic mass is 10.0. The van der Waals surface area contributed by atoms with Gasteiger partial charge in [-0.1, -0.05) is 13.8 Å². The molecule has 6 nitrogen and oxygen atoms in total. The number of benzene rings is 1. The van der Waals surface area contributed by atoms with Gasteiger partial charge in [-0.25, -0.2) is 0 Å². The maximum Gasteiger partial charge on any atom is 0.309 e. The van der Waals surface area contributed by atoms with Crippen LogP contribution >= 0.6 is 0 Å². The standard InChI is InChI=1S/C19H30O6/c1-6-23-19(20)13-17(14(2)3)25-15-8-9-16(22-5)18(12-15)24-11-7-10-21-4/h8-9,12,14,17H,6-7,10-11,13H2,1-5H3. The molecule has 0 spiro atoms. The summed E-state index contributed by atoms with van der Waals surface area (Å²) in [5.74, 6) is 1.78. The van der Waals surface area contributed by atoms with Gasteiger partial charge in [0.25, 0.3) is 0 Å². The van der Waals surface area contributed by atoms with Crippen LogP contribution in [0.1, 0.15) is 33.6 Å². The van der Waals surface area contributed by atoms with Crippen molar-refractivity contribution in [1.29, 1.82) is 0 Å². The zero-order valence-corrected chi connectivity index (χ0v) is 15.9. The van der Waals surface area contributed by atoms with E-state index in [1.54, 1.807) is 39.3 Å². The van der Waals surface area contributed by atoms with E-state index in [0.29, 0.717) is 37.1 Å². The van der Waals surface area contributed by atoms with Crippen LogP contribution in [0.3, 0.4) is 0 Å². The van der Waals surface area contributed by atoms with Crippen LogP contribution in [0, 0.1) is 5.92 Å². The predicted molar refractivity (Wildman–Crippen MR) is 95.5 cm³/mol. The summed E-state index contributed by atoms with van der Waals surface area (Å²) in [5.41, 5.74) is 0. The number of hydrogen-bond acceptors (Lipinski definition) is 6. The molecule has 0 saturated carbocycles. The Hall–Kier alpha value is -1.95. The summed E-state index contributed by atoms with van der Waals surface area (Å²) in [7, 11) is 3.25. The SMILES string of the molecule is CCOC(=O)CC(Oc1ccc(OC)c(OCCCOC)c1)C(C)C. The van der Waals surface area contributed by atoms with Crippen LogP contribution in [0.15, 0.2) is 18.2 Å². The van der Waals surface area contributed by atoms with E-state index in [-0.39, 0.29) is 24.4 Å². The minimum atomic E-state index is -0.270. The molecule has 0 saturated heterocycles. The minimum absolute atomic E-state index is 0.164. The molecule has 1 atom stereocenters. The molecule has 0 fully saturated rings. The fourth-order valence-corrected chi connectivity index (χ4v) is 2.20. The first-order valence-electron chi connectivity index (χ1n) is 8.63. The van der Waals surface area contributed by atoms with E-state index in [0.717, 1.165) is 6.42 Å². The number of ether oxygens (including phenoxy) is 5. The molecule has 1 unspecified atom stereocenters. The summed E-state index contributed by atoms with van der Waals surface area (Å²) < 4.78 is 27.1. The van der Waals surface area contributed by atoms with E-state index < -0.39 is 0 Å². The molecule has 1 rings (SSSR count). The van der Waals surface area contributed by atoms with Crippen molar-refractivity contribution in [2.24, 2.45) is 5.92 Å². The smallest absolute Gasteiger partial charge is 0.309 e. The van der Waals surface area contributed by atoms with E-state index in [9.17, 15) is 4.79 Å². The second kappa shape index (κ2) is 11.6. The Bertz CT molecular complexity index is 515. The van der Waals surface area contributed by atoms with E-state index >= 15 is 0 Å². The Morgan fingerprint density at radius 2 is 1.88 bits per heavy atom. The van der Waals surface area contributed by atoms with Crippen LogP contribution in [-0.4, -0.2) is 46.1 Å². The van der Waals surface area contributed by atoms with Crippen LogP contribution in [0.25, 0.3) is 0 Å². The molecule has 0 amide bonds. The Morgan fingerprint density at radius 1 is 1.12 bits per heavy atom. The predicted octanol–water partition coefficient (Wildman–Crippen LogP) is 3.47. The lowest BCUT2D eigenvalue weighted by Crippen LogP contribution is -2.27. The Morgan fingerprint density at radius 3 is 2.48 bits per heavy atom. The average Bonchev–Trinajstić information content (AvgIpc) is 2.58. The molecule has 0 heterocycles. The summed E-state index contributed by atoms with van der Waals surface area (Å²) in [5, 5.41) is 0. The number of carbonyl (C=O) groups excluding carboxylic acids is 1. The van der Waals surface area contributed by atoms with Gasteiger partial charge in [0, 0.05) is 26.2 Å². The first-order valence-corrected chi connectivity index (χ1v) is 8.63. The molecule has 1 aromatic rings. The molecular formula is C19H30O6. The second-order valence-electron chi connectivity index (χ2n) is 5.92. The number of carbonyl (C=O) groups is 1. The van der Waals surface area contributed by atoms with Gasteiger partial charge in [0.1, 0.15) is 11.9 Å². The van der Waals surface area contributed by atoms with Gasteiger partial charge in [-0.2, -0.15) is 0 Å². The van der Waals surface area contributed by atoms with Gasteiger partial charge in [0.15, 0.2) is 11.5 Å². The van der Waals surface area contributed by atoms with E-state index in [1.807, 2.05) is 13.8 Å². The molecule has 142 valence electrons. The Labute approximate surface area is 150 Å². The Balaban J connectivity index is 2.79. The summed E-state index contributed by atoms with van der Waals surface area (Å²) in [6.45, 7) is 7.33. The van der Waals surface area contributed by atoms with E-state index in [4.69, 9.17) is 23.7 Å². The van der Waals surface area contributed by atoms with Crippen molar-refractivity contribution in [3.05, 3.63) is 18.2 Å². The van der Waals surface area contributed by atoms with Crippen LogP contribution in [0.4, 0.5) is 0 Å². The molecule has 6 heteroatoms. The third kappa shape index (κ3) is 7.65. The normalized spacial score (nSPS) is 11.9. The molecule has 0 aliphatic carbocycles. The molecule has 0 aliphatic rings. The van der Waals surface area contributed by atoms with Crippen LogP contribution in [-0.2, 0) is 14.3 Å². The van der Waals surface area contributed by atoms with Crippen molar-refractivity contribution >= 4 is 5.97 Å². The lowest BCUT2D eigenvalue weighted by molar-refractivity contribution is -0.145. The third-order valence-electron chi connectivity index (χ3n) is 3.59. The summed E-state index contributed by atoms with van der Waals surface area (Å²) in [6, 6.07) is 5.39. The molecular weight excluding hydrogens is 324 g/mol. The van der Waals surface area contributed by atoms with Crippen molar-refractivity contribution < 1.29 is 28.5 Å². The number of rotatable bonds is 12. The van der Waals surface area contributed by atoms with Gasteiger partial charge in [0.2, 0.25) is 0 Å². The average molecular weight is 354 g/mol. The highest BCUT2D eigenvalue weighted by molar-refractivity contribution is 5.70.